The van der Waals surface area contributed by atoms with Crippen LogP contribution in [0.3, 0.4) is 0 Å². The summed E-state index contributed by atoms with van der Waals surface area (Å²) in [5.74, 6) is -1.01. The summed E-state index contributed by atoms with van der Waals surface area (Å²) in [5, 5.41) is 0. The second-order valence-corrected chi connectivity index (χ2v) is 14.1. The van der Waals surface area contributed by atoms with Crippen LogP contribution in [0.25, 0.3) is 0 Å². The van der Waals surface area contributed by atoms with Crippen molar-refractivity contribution in [2.45, 2.75) is 175 Å². The lowest BCUT2D eigenvalue weighted by Gasteiger charge is -2.18. The maximum Gasteiger partial charge on any atom is 0.306 e. The molecule has 0 radical (unpaired) electrons. The molecular formula is C50H78O6. The number of allylic oxidation sites excluding steroid dienone is 18. The summed E-state index contributed by atoms with van der Waals surface area (Å²) in [6, 6.07) is 0. The Morgan fingerprint density at radius 3 is 1.09 bits per heavy atom. The van der Waals surface area contributed by atoms with Gasteiger partial charge in [-0.15, -0.1) is 0 Å². The maximum atomic E-state index is 12.7. The maximum absolute atomic E-state index is 12.7. The van der Waals surface area contributed by atoms with Crippen molar-refractivity contribution in [3.8, 4) is 0 Å². The van der Waals surface area contributed by atoms with Crippen molar-refractivity contribution in [2.24, 2.45) is 0 Å². The van der Waals surface area contributed by atoms with Gasteiger partial charge in [0.25, 0.3) is 0 Å². The molecule has 0 bridgehead atoms. The highest BCUT2D eigenvalue weighted by molar-refractivity contribution is 5.71. The van der Waals surface area contributed by atoms with Crippen LogP contribution < -0.4 is 0 Å². The summed E-state index contributed by atoms with van der Waals surface area (Å²) in [6.07, 6.45) is 57.8. The lowest BCUT2D eigenvalue weighted by atomic mass is 10.1. The van der Waals surface area contributed by atoms with Gasteiger partial charge in [0, 0.05) is 19.3 Å². The van der Waals surface area contributed by atoms with Crippen LogP contribution in [0.5, 0.6) is 0 Å². The Hall–Kier alpha value is -3.93. The van der Waals surface area contributed by atoms with E-state index in [1.54, 1.807) is 0 Å². The molecule has 1 atom stereocenters. The zero-order valence-corrected chi connectivity index (χ0v) is 35.6. The van der Waals surface area contributed by atoms with Gasteiger partial charge in [0.05, 0.1) is 0 Å². The third-order valence-corrected chi connectivity index (χ3v) is 8.75. The van der Waals surface area contributed by atoms with Crippen LogP contribution >= 0.6 is 0 Å². The molecule has 0 N–H and O–H groups in total. The van der Waals surface area contributed by atoms with Gasteiger partial charge in [-0.3, -0.25) is 14.4 Å². The predicted octanol–water partition coefficient (Wildman–Crippen LogP) is 14.0. The van der Waals surface area contributed by atoms with Gasteiger partial charge < -0.3 is 14.2 Å². The number of rotatable bonds is 37. The summed E-state index contributed by atoms with van der Waals surface area (Å²) in [4.78, 5) is 37.7. The van der Waals surface area contributed by atoms with Crippen LogP contribution in [0, 0.1) is 0 Å². The van der Waals surface area contributed by atoms with Gasteiger partial charge in [0.1, 0.15) is 13.2 Å². The fourth-order valence-corrected chi connectivity index (χ4v) is 5.47. The molecule has 0 fully saturated rings. The first-order valence-electron chi connectivity index (χ1n) is 22.0. The lowest BCUT2D eigenvalue weighted by molar-refractivity contribution is -0.167. The van der Waals surface area contributed by atoms with E-state index < -0.39 is 6.10 Å². The van der Waals surface area contributed by atoms with Crippen molar-refractivity contribution in [2.75, 3.05) is 13.2 Å². The fraction of sp³-hybridized carbons (Fsp3) is 0.580. The van der Waals surface area contributed by atoms with Gasteiger partial charge in [0.2, 0.25) is 0 Å². The Morgan fingerprint density at radius 2 is 0.696 bits per heavy atom. The molecule has 1 unspecified atom stereocenters. The highest BCUT2D eigenvalue weighted by Gasteiger charge is 2.19. The number of carbonyl (C=O) groups excluding carboxylic acids is 3. The zero-order chi connectivity index (χ0) is 40.8. The summed E-state index contributed by atoms with van der Waals surface area (Å²) in [6.45, 7) is 6.23. The minimum Gasteiger partial charge on any atom is -0.462 e. The second-order valence-electron chi connectivity index (χ2n) is 14.1. The molecule has 0 aliphatic carbocycles. The van der Waals surface area contributed by atoms with Crippen molar-refractivity contribution < 1.29 is 28.6 Å². The first-order chi connectivity index (χ1) is 27.5. The molecular weight excluding hydrogens is 697 g/mol. The quantitative estimate of drug-likeness (QED) is 0.0271. The van der Waals surface area contributed by atoms with Crippen molar-refractivity contribution >= 4 is 17.9 Å². The number of ether oxygens (including phenoxy) is 3. The van der Waals surface area contributed by atoms with Crippen LogP contribution in [0.4, 0.5) is 0 Å². The zero-order valence-electron chi connectivity index (χ0n) is 35.6. The molecule has 0 saturated heterocycles. The Kier molecular flexibility index (Phi) is 40.7. The van der Waals surface area contributed by atoms with E-state index in [-0.39, 0.29) is 37.5 Å². The smallest absolute Gasteiger partial charge is 0.306 e. The monoisotopic (exact) mass is 775 g/mol. The van der Waals surface area contributed by atoms with E-state index >= 15 is 0 Å². The predicted molar refractivity (Wildman–Crippen MR) is 237 cm³/mol. The molecule has 0 heterocycles. The third kappa shape index (κ3) is 41.2. The Morgan fingerprint density at radius 1 is 0.375 bits per heavy atom. The van der Waals surface area contributed by atoms with E-state index in [0.717, 1.165) is 77.0 Å². The first-order valence-corrected chi connectivity index (χ1v) is 22.0. The summed E-state index contributed by atoms with van der Waals surface area (Å²) in [5.41, 5.74) is 0. The number of hydrogen-bond donors (Lipinski definition) is 0. The van der Waals surface area contributed by atoms with Gasteiger partial charge in [-0.25, -0.2) is 0 Å². The van der Waals surface area contributed by atoms with Gasteiger partial charge >= 0.3 is 17.9 Å². The van der Waals surface area contributed by atoms with Gasteiger partial charge in [-0.1, -0.05) is 201 Å². The standard InChI is InChI=1S/C50H78O6/c1-4-7-10-13-16-19-22-24-25-27-28-31-34-37-40-43-49(52)55-46-47(45-54-48(51)42-39-36-33-30-21-18-15-12-9-6-3)56-50(53)44-41-38-35-32-29-26-23-20-17-14-11-8-5-2/h7-8,10-11,13-14,16-17,19-20,22-29,47H,4-6,9,12,15,18,21,30-46H2,1-3H3/b10-7-,11-8-,16-13-,17-14-,22-19-,23-20-,25-24-,28-27-,29-26-. The second kappa shape index (κ2) is 43.8. The Balaban J connectivity index is 4.56. The van der Waals surface area contributed by atoms with Crippen molar-refractivity contribution in [3.05, 3.63) is 109 Å². The minimum atomic E-state index is -0.814. The molecule has 0 aliphatic heterocycles. The number of hydrogen-bond acceptors (Lipinski definition) is 6. The summed E-state index contributed by atoms with van der Waals surface area (Å²) < 4.78 is 16.6. The molecule has 56 heavy (non-hydrogen) atoms. The van der Waals surface area contributed by atoms with Gasteiger partial charge in [0.15, 0.2) is 6.10 Å². The fourth-order valence-electron chi connectivity index (χ4n) is 5.47. The molecule has 0 amide bonds. The van der Waals surface area contributed by atoms with E-state index in [4.69, 9.17) is 14.2 Å². The molecule has 0 aromatic heterocycles. The molecule has 0 saturated carbocycles. The summed E-state index contributed by atoms with van der Waals surface area (Å²) >= 11 is 0. The van der Waals surface area contributed by atoms with Crippen LogP contribution in [-0.4, -0.2) is 37.2 Å². The number of carbonyl (C=O) groups is 3. The van der Waals surface area contributed by atoms with Crippen LogP contribution in [-0.2, 0) is 28.6 Å². The van der Waals surface area contributed by atoms with E-state index in [2.05, 4.69) is 45.1 Å². The van der Waals surface area contributed by atoms with Crippen molar-refractivity contribution in [1.82, 2.24) is 0 Å². The molecule has 314 valence electrons. The van der Waals surface area contributed by atoms with Crippen LogP contribution in [0.2, 0.25) is 0 Å². The molecule has 0 aromatic rings. The van der Waals surface area contributed by atoms with E-state index in [0.29, 0.717) is 19.3 Å². The normalized spacial score (nSPS) is 13.1. The van der Waals surface area contributed by atoms with Gasteiger partial charge in [-0.05, 0) is 57.8 Å². The molecule has 0 aliphatic rings. The van der Waals surface area contributed by atoms with Crippen molar-refractivity contribution in [3.63, 3.8) is 0 Å². The topological polar surface area (TPSA) is 78.9 Å². The highest BCUT2D eigenvalue weighted by Crippen LogP contribution is 2.13. The highest BCUT2D eigenvalue weighted by atomic mass is 16.6. The molecule has 6 heteroatoms. The average Bonchev–Trinajstić information content (AvgIpc) is 3.19. The average molecular weight is 775 g/mol. The Labute approximate surface area is 342 Å². The molecule has 0 spiro atoms. The van der Waals surface area contributed by atoms with Crippen molar-refractivity contribution in [1.29, 1.82) is 0 Å². The first kappa shape index (κ1) is 52.1. The Bertz CT molecular complexity index is 1210. The van der Waals surface area contributed by atoms with Gasteiger partial charge in [-0.2, -0.15) is 0 Å². The van der Waals surface area contributed by atoms with Crippen LogP contribution in [0.15, 0.2) is 109 Å². The summed E-state index contributed by atoms with van der Waals surface area (Å²) in [7, 11) is 0. The number of unbranched alkanes of at least 4 members (excludes halogenated alkanes) is 15. The van der Waals surface area contributed by atoms with Crippen LogP contribution in [0.1, 0.15) is 168 Å². The lowest BCUT2D eigenvalue weighted by Crippen LogP contribution is -2.30. The third-order valence-electron chi connectivity index (χ3n) is 8.75. The number of esters is 3. The SMILES string of the molecule is CC\C=C/C=C\C=C/C=C\C=C/CCCCCC(=O)OCC(COC(=O)CCCCCCCCCCCC)OC(=O)CCCCC\C=C/C=C\C=C/C=C\CC. The van der Waals surface area contributed by atoms with E-state index in [1.807, 2.05) is 85.1 Å². The molecule has 0 aromatic carbocycles. The molecule has 6 nitrogen and oxygen atoms in total. The van der Waals surface area contributed by atoms with E-state index in [1.165, 1.54) is 44.9 Å². The van der Waals surface area contributed by atoms with E-state index in [9.17, 15) is 14.4 Å². The minimum absolute atomic E-state index is 0.110. The molecule has 0 rings (SSSR count). The largest absolute Gasteiger partial charge is 0.462 e.